The fourth-order valence-corrected chi connectivity index (χ4v) is 1.72. The number of likely N-dealkylation sites (N-methyl/N-ethyl adjacent to an activating group) is 1. The highest BCUT2D eigenvalue weighted by Crippen LogP contribution is 2.32. The molecule has 0 aromatic carbocycles. The zero-order chi connectivity index (χ0) is 9.84. The van der Waals surface area contributed by atoms with Crippen LogP contribution >= 0.6 is 0 Å². The predicted molar refractivity (Wildman–Crippen MR) is 54.7 cm³/mol. The van der Waals surface area contributed by atoms with Crippen molar-refractivity contribution in [3.63, 3.8) is 0 Å². The molecule has 0 aromatic heterocycles. The van der Waals surface area contributed by atoms with Crippen LogP contribution in [0.2, 0.25) is 0 Å². The van der Waals surface area contributed by atoms with Crippen molar-refractivity contribution in [1.82, 2.24) is 10.2 Å². The van der Waals surface area contributed by atoms with Crippen LogP contribution in [0, 0.1) is 5.92 Å². The minimum Gasteiger partial charge on any atom is -0.390 e. The van der Waals surface area contributed by atoms with Gasteiger partial charge in [0.15, 0.2) is 0 Å². The van der Waals surface area contributed by atoms with Gasteiger partial charge in [-0.3, -0.25) is 0 Å². The molecule has 3 unspecified atom stereocenters. The van der Waals surface area contributed by atoms with Crippen molar-refractivity contribution in [2.24, 2.45) is 5.92 Å². The largest absolute Gasteiger partial charge is 0.390 e. The van der Waals surface area contributed by atoms with Gasteiger partial charge in [-0.05, 0) is 26.4 Å². The highest BCUT2D eigenvalue weighted by atomic mass is 16.3. The standard InChI is InChI=1S/C10H22N2O/c1-4-8-5-10(8)11-6-9(13)7-12(2)3/h8-11,13H,4-7H2,1-3H3. The summed E-state index contributed by atoms with van der Waals surface area (Å²) in [6.45, 7) is 3.71. The van der Waals surface area contributed by atoms with E-state index in [1.54, 1.807) is 0 Å². The summed E-state index contributed by atoms with van der Waals surface area (Å²) in [5.41, 5.74) is 0. The minimum absolute atomic E-state index is 0.229. The van der Waals surface area contributed by atoms with Crippen LogP contribution in [0.15, 0.2) is 0 Å². The molecular formula is C10H22N2O. The van der Waals surface area contributed by atoms with E-state index in [4.69, 9.17) is 0 Å². The van der Waals surface area contributed by atoms with Gasteiger partial charge in [0.1, 0.15) is 0 Å². The van der Waals surface area contributed by atoms with Crippen LogP contribution in [-0.2, 0) is 0 Å². The topological polar surface area (TPSA) is 35.5 Å². The fourth-order valence-electron chi connectivity index (χ4n) is 1.72. The molecule has 3 nitrogen and oxygen atoms in total. The molecule has 0 radical (unpaired) electrons. The van der Waals surface area contributed by atoms with E-state index < -0.39 is 0 Å². The summed E-state index contributed by atoms with van der Waals surface area (Å²) in [5.74, 6) is 0.867. The number of nitrogens with one attached hydrogen (secondary N) is 1. The second-order valence-corrected chi connectivity index (χ2v) is 4.33. The Morgan fingerprint density at radius 2 is 2.23 bits per heavy atom. The van der Waals surface area contributed by atoms with E-state index in [1.807, 2.05) is 19.0 Å². The van der Waals surface area contributed by atoms with Crippen molar-refractivity contribution in [3.8, 4) is 0 Å². The van der Waals surface area contributed by atoms with Gasteiger partial charge in [-0.2, -0.15) is 0 Å². The zero-order valence-corrected chi connectivity index (χ0v) is 8.95. The Labute approximate surface area is 81.1 Å². The van der Waals surface area contributed by atoms with E-state index in [0.717, 1.165) is 19.0 Å². The van der Waals surface area contributed by atoms with Crippen LogP contribution in [0.1, 0.15) is 19.8 Å². The quantitative estimate of drug-likeness (QED) is 0.626. The molecular weight excluding hydrogens is 164 g/mol. The molecule has 78 valence electrons. The number of hydrogen-bond donors (Lipinski definition) is 2. The first-order valence-electron chi connectivity index (χ1n) is 5.19. The molecule has 0 heterocycles. The van der Waals surface area contributed by atoms with Gasteiger partial charge in [-0.15, -0.1) is 0 Å². The Hall–Kier alpha value is -0.120. The van der Waals surface area contributed by atoms with Crippen LogP contribution in [0.25, 0.3) is 0 Å². The highest BCUT2D eigenvalue weighted by molar-refractivity contribution is 4.92. The molecule has 0 saturated heterocycles. The first-order chi connectivity index (χ1) is 6.13. The summed E-state index contributed by atoms with van der Waals surface area (Å²) in [5, 5.41) is 12.9. The van der Waals surface area contributed by atoms with E-state index in [0.29, 0.717) is 6.04 Å². The molecule has 3 atom stereocenters. The van der Waals surface area contributed by atoms with Crippen LogP contribution in [0.3, 0.4) is 0 Å². The molecule has 2 N–H and O–H groups in total. The number of rotatable bonds is 6. The van der Waals surface area contributed by atoms with Gasteiger partial charge in [0, 0.05) is 19.1 Å². The molecule has 0 aliphatic heterocycles. The van der Waals surface area contributed by atoms with Gasteiger partial charge in [0.2, 0.25) is 0 Å². The molecule has 13 heavy (non-hydrogen) atoms. The van der Waals surface area contributed by atoms with Crippen molar-refractivity contribution in [3.05, 3.63) is 0 Å². The zero-order valence-electron chi connectivity index (χ0n) is 8.95. The smallest absolute Gasteiger partial charge is 0.0791 e. The SMILES string of the molecule is CCC1CC1NCC(O)CN(C)C. The summed E-state index contributed by atoms with van der Waals surface area (Å²) in [6, 6.07) is 0.682. The lowest BCUT2D eigenvalue weighted by Gasteiger charge is -2.16. The van der Waals surface area contributed by atoms with Gasteiger partial charge in [-0.25, -0.2) is 0 Å². The molecule has 0 spiro atoms. The molecule has 1 rings (SSSR count). The first kappa shape index (κ1) is 11.0. The van der Waals surface area contributed by atoms with Gasteiger partial charge < -0.3 is 15.3 Å². The summed E-state index contributed by atoms with van der Waals surface area (Å²) in [6.07, 6.45) is 2.33. The summed E-state index contributed by atoms with van der Waals surface area (Å²) in [4.78, 5) is 2.01. The molecule has 1 fully saturated rings. The lowest BCUT2D eigenvalue weighted by molar-refractivity contribution is 0.134. The maximum Gasteiger partial charge on any atom is 0.0791 e. The normalized spacial score (nSPS) is 29.3. The Morgan fingerprint density at radius 1 is 1.54 bits per heavy atom. The van der Waals surface area contributed by atoms with Crippen molar-refractivity contribution in [1.29, 1.82) is 0 Å². The Balaban J connectivity index is 1.99. The van der Waals surface area contributed by atoms with Crippen molar-refractivity contribution < 1.29 is 5.11 Å². The molecule has 0 aromatic rings. The third-order valence-corrected chi connectivity index (χ3v) is 2.64. The van der Waals surface area contributed by atoms with Crippen molar-refractivity contribution in [2.75, 3.05) is 27.2 Å². The van der Waals surface area contributed by atoms with E-state index in [1.165, 1.54) is 12.8 Å². The third kappa shape index (κ3) is 4.07. The number of aliphatic hydroxyl groups excluding tert-OH is 1. The second-order valence-electron chi connectivity index (χ2n) is 4.33. The summed E-state index contributed by atoms with van der Waals surface area (Å²) < 4.78 is 0. The van der Waals surface area contributed by atoms with Crippen LogP contribution in [-0.4, -0.2) is 49.3 Å². The molecule has 3 heteroatoms. The molecule has 1 aliphatic rings. The summed E-state index contributed by atoms with van der Waals surface area (Å²) in [7, 11) is 3.96. The third-order valence-electron chi connectivity index (χ3n) is 2.64. The second kappa shape index (κ2) is 4.94. The molecule has 1 saturated carbocycles. The van der Waals surface area contributed by atoms with E-state index >= 15 is 0 Å². The molecule has 1 aliphatic carbocycles. The lowest BCUT2D eigenvalue weighted by atomic mass is 10.3. The van der Waals surface area contributed by atoms with E-state index in [-0.39, 0.29) is 6.10 Å². The Kier molecular flexibility index (Phi) is 4.16. The number of aliphatic hydroxyl groups is 1. The van der Waals surface area contributed by atoms with Gasteiger partial charge in [0.05, 0.1) is 6.10 Å². The highest BCUT2D eigenvalue weighted by Gasteiger charge is 2.34. The Morgan fingerprint density at radius 3 is 2.69 bits per heavy atom. The number of nitrogens with zero attached hydrogens (tertiary/aromatic N) is 1. The fraction of sp³-hybridized carbons (Fsp3) is 1.00. The maximum absolute atomic E-state index is 9.55. The average Bonchev–Trinajstić information content (AvgIpc) is 2.78. The molecule has 0 amide bonds. The van der Waals surface area contributed by atoms with Crippen LogP contribution < -0.4 is 5.32 Å². The van der Waals surface area contributed by atoms with E-state index in [9.17, 15) is 5.11 Å². The number of hydrogen-bond acceptors (Lipinski definition) is 3. The summed E-state index contributed by atoms with van der Waals surface area (Å²) >= 11 is 0. The van der Waals surface area contributed by atoms with E-state index in [2.05, 4.69) is 12.2 Å². The van der Waals surface area contributed by atoms with Crippen molar-refractivity contribution in [2.45, 2.75) is 31.9 Å². The van der Waals surface area contributed by atoms with Gasteiger partial charge in [-0.1, -0.05) is 13.3 Å². The maximum atomic E-state index is 9.55. The van der Waals surface area contributed by atoms with Gasteiger partial charge in [0.25, 0.3) is 0 Å². The minimum atomic E-state index is -0.229. The average molecular weight is 186 g/mol. The monoisotopic (exact) mass is 186 g/mol. The van der Waals surface area contributed by atoms with Gasteiger partial charge >= 0.3 is 0 Å². The van der Waals surface area contributed by atoms with Crippen LogP contribution in [0.5, 0.6) is 0 Å². The lowest BCUT2D eigenvalue weighted by Crippen LogP contribution is -2.36. The first-order valence-corrected chi connectivity index (χ1v) is 5.19. The van der Waals surface area contributed by atoms with Crippen LogP contribution in [0.4, 0.5) is 0 Å². The Bertz CT molecular complexity index is 150. The predicted octanol–water partition coefficient (Wildman–Crippen LogP) is 0.297. The molecule has 0 bridgehead atoms. The van der Waals surface area contributed by atoms with Crippen molar-refractivity contribution >= 4 is 0 Å².